The van der Waals surface area contributed by atoms with Crippen LogP contribution in [0.5, 0.6) is 0 Å². The van der Waals surface area contributed by atoms with Crippen LogP contribution < -0.4 is 9.80 Å². The van der Waals surface area contributed by atoms with E-state index in [-0.39, 0.29) is 0 Å². The fraction of sp³-hybridized carbons (Fsp3) is 0.263. The number of para-hydroxylation sites is 1. The van der Waals surface area contributed by atoms with Crippen LogP contribution in [0.2, 0.25) is 10.0 Å². The number of anilines is 2. The van der Waals surface area contributed by atoms with E-state index in [1.54, 1.807) is 22.7 Å². The maximum Gasteiger partial charge on any atom is 0.186 e. The standard InChI is InChI=1S/C19H16Cl2N4S2/c1-11-12(20)5-6-15-16(11)22-18(27-15)24-7-9-25(10-8-24)19-23-17-13(21)3-2-4-14(17)26-19/h2-6H,7-10H2,1H3. The molecule has 0 spiro atoms. The Morgan fingerprint density at radius 3 is 2.00 bits per heavy atom. The van der Waals surface area contributed by atoms with E-state index in [9.17, 15) is 0 Å². The Kier molecular flexibility index (Phi) is 4.39. The minimum Gasteiger partial charge on any atom is -0.345 e. The van der Waals surface area contributed by atoms with Gasteiger partial charge in [0.15, 0.2) is 10.3 Å². The molecule has 5 rings (SSSR count). The van der Waals surface area contributed by atoms with Crippen LogP contribution in [0, 0.1) is 6.92 Å². The van der Waals surface area contributed by atoms with Gasteiger partial charge in [0.2, 0.25) is 0 Å². The van der Waals surface area contributed by atoms with E-state index in [4.69, 9.17) is 33.2 Å². The Morgan fingerprint density at radius 2 is 1.37 bits per heavy atom. The van der Waals surface area contributed by atoms with Crippen LogP contribution in [0.1, 0.15) is 5.56 Å². The Hall–Kier alpha value is -1.60. The molecule has 1 aliphatic heterocycles. The minimum absolute atomic E-state index is 0.720. The highest BCUT2D eigenvalue weighted by molar-refractivity contribution is 7.22. The fourth-order valence-corrected chi connectivity index (χ4v) is 5.90. The average Bonchev–Trinajstić information content (AvgIpc) is 3.30. The van der Waals surface area contributed by atoms with Crippen molar-refractivity contribution < 1.29 is 0 Å². The lowest BCUT2D eigenvalue weighted by molar-refractivity contribution is 0.651. The monoisotopic (exact) mass is 434 g/mol. The molecule has 1 aliphatic rings. The highest BCUT2D eigenvalue weighted by atomic mass is 35.5. The summed E-state index contributed by atoms with van der Waals surface area (Å²) < 4.78 is 2.33. The maximum atomic E-state index is 6.28. The molecule has 0 bridgehead atoms. The van der Waals surface area contributed by atoms with Crippen LogP contribution in [0.15, 0.2) is 30.3 Å². The summed E-state index contributed by atoms with van der Waals surface area (Å²) in [5, 5.41) is 3.61. The molecule has 0 aliphatic carbocycles. The quantitative estimate of drug-likeness (QED) is 0.396. The largest absolute Gasteiger partial charge is 0.345 e. The van der Waals surface area contributed by atoms with E-state index in [0.29, 0.717) is 0 Å². The van der Waals surface area contributed by atoms with Crippen molar-refractivity contribution in [3.63, 3.8) is 0 Å². The summed E-state index contributed by atoms with van der Waals surface area (Å²) in [6.45, 7) is 5.73. The van der Waals surface area contributed by atoms with E-state index >= 15 is 0 Å². The van der Waals surface area contributed by atoms with Crippen LogP contribution >= 0.6 is 45.9 Å². The second kappa shape index (κ2) is 6.78. The molecule has 27 heavy (non-hydrogen) atoms. The molecule has 0 atom stereocenters. The number of halogens is 2. The van der Waals surface area contributed by atoms with E-state index < -0.39 is 0 Å². The van der Waals surface area contributed by atoms with Crippen molar-refractivity contribution in [3.05, 3.63) is 45.9 Å². The summed E-state index contributed by atoms with van der Waals surface area (Å²) in [5.41, 5.74) is 2.98. The molecule has 2 aromatic heterocycles. The number of hydrogen-bond donors (Lipinski definition) is 0. The highest BCUT2D eigenvalue weighted by Gasteiger charge is 2.23. The third-order valence-corrected chi connectivity index (χ3v) is 7.79. The zero-order valence-electron chi connectivity index (χ0n) is 14.6. The number of aryl methyl sites for hydroxylation is 1. The van der Waals surface area contributed by atoms with Crippen molar-refractivity contribution in [3.8, 4) is 0 Å². The lowest BCUT2D eigenvalue weighted by Crippen LogP contribution is -2.46. The third-order valence-electron chi connectivity index (χ3n) is 4.92. The molecule has 4 nitrogen and oxygen atoms in total. The zero-order valence-corrected chi connectivity index (χ0v) is 17.7. The van der Waals surface area contributed by atoms with Crippen molar-refractivity contribution in [2.75, 3.05) is 36.0 Å². The lowest BCUT2D eigenvalue weighted by Gasteiger charge is -2.34. The molecule has 0 N–H and O–H groups in total. The van der Waals surface area contributed by atoms with Gasteiger partial charge in [-0.3, -0.25) is 0 Å². The Morgan fingerprint density at radius 1 is 0.778 bits per heavy atom. The van der Waals surface area contributed by atoms with Crippen LogP contribution in [-0.4, -0.2) is 36.1 Å². The molecule has 0 saturated carbocycles. The van der Waals surface area contributed by atoms with Gasteiger partial charge in [-0.1, -0.05) is 51.9 Å². The van der Waals surface area contributed by atoms with E-state index in [1.807, 2.05) is 25.1 Å². The third kappa shape index (κ3) is 3.05. The zero-order chi connectivity index (χ0) is 18.5. The van der Waals surface area contributed by atoms with Gasteiger partial charge < -0.3 is 9.80 Å². The van der Waals surface area contributed by atoms with Gasteiger partial charge in [0.1, 0.15) is 5.52 Å². The number of rotatable bonds is 2. The van der Waals surface area contributed by atoms with Crippen molar-refractivity contribution >= 4 is 76.6 Å². The summed E-state index contributed by atoms with van der Waals surface area (Å²) >= 11 is 16.0. The van der Waals surface area contributed by atoms with Gasteiger partial charge in [0.05, 0.1) is 19.9 Å². The molecule has 2 aromatic carbocycles. The summed E-state index contributed by atoms with van der Waals surface area (Å²) in [6.07, 6.45) is 0. The topological polar surface area (TPSA) is 32.3 Å². The lowest BCUT2D eigenvalue weighted by atomic mass is 10.2. The molecule has 0 radical (unpaired) electrons. The summed E-state index contributed by atoms with van der Waals surface area (Å²) in [5.74, 6) is 0. The van der Waals surface area contributed by atoms with Crippen LogP contribution in [-0.2, 0) is 0 Å². The van der Waals surface area contributed by atoms with Crippen molar-refractivity contribution in [2.45, 2.75) is 6.92 Å². The van der Waals surface area contributed by atoms with Crippen molar-refractivity contribution in [1.29, 1.82) is 0 Å². The van der Waals surface area contributed by atoms with Gasteiger partial charge in [-0.15, -0.1) is 0 Å². The summed E-state index contributed by atoms with van der Waals surface area (Å²) in [4.78, 5) is 14.3. The number of hydrogen-bond acceptors (Lipinski definition) is 6. The average molecular weight is 435 g/mol. The first-order chi connectivity index (χ1) is 13.1. The Labute approximate surface area is 175 Å². The number of piperazine rings is 1. The van der Waals surface area contributed by atoms with Crippen LogP contribution in [0.4, 0.5) is 10.3 Å². The van der Waals surface area contributed by atoms with Gasteiger partial charge in [-0.05, 0) is 36.8 Å². The summed E-state index contributed by atoms with van der Waals surface area (Å²) in [7, 11) is 0. The second-order valence-corrected chi connectivity index (χ2v) is 9.41. The van der Waals surface area contributed by atoms with E-state index in [1.165, 1.54) is 4.70 Å². The fourth-order valence-electron chi connectivity index (χ4n) is 3.35. The Bertz CT molecular complexity index is 1150. The maximum absolute atomic E-state index is 6.28. The van der Waals surface area contributed by atoms with Crippen LogP contribution in [0.3, 0.4) is 0 Å². The Balaban J connectivity index is 1.36. The molecule has 138 valence electrons. The number of aromatic nitrogens is 2. The number of benzene rings is 2. The second-order valence-electron chi connectivity index (χ2n) is 6.57. The molecule has 0 unspecified atom stereocenters. The molecular formula is C19H16Cl2N4S2. The SMILES string of the molecule is Cc1c(Cl)ccc2sc(N3CCN(c4nc5c(Cl)cccc5s4)CC3)nc12. The van der Waals surface area contributed by atoms with E-state index in [0.717, 1.165) is 67.8 Å². The molecular weight excluding hydrogens is 419 g/mol. The number of fused-ring (bicyclic) bond motifs is 2. The van der Waals surface area contributed by atoms with Crippen molar-refractivity contribution in [2.24, 2.45) is 0 Å². The molecule has 1 fully saturated rings. The number of thiazole rings is 2. The molecule has 3 heterocycles. The van der Waals surface area contributed by atoms with Gasteiger partial charge in [0, 0.05) is 31.2 Å². The van der Waals surface area contributed by atoms with E-state index in [2.05, 4.69) is 21.9 Å². The predicted octanol–water partition coefficient (Wildman–Crippen LogP) is 5.85. The van der Waals surface area contributed by atoms with Gasteiger partial charge in [-0.25, -0.2) is 9.97 Å². The smallest absolute Gasteiger partial charge is 0.186 e. The normalized spacial score (nSPS) is 15.2. The molecule has 8 heteroatoms. The predicted molar refractivity (Wildman–Crippen MR) is 118 cm³/mol. The van der Waals surface area contributed by atoms with Gasteiger partial charge in [0.25, 0.3) is 0 Å². The van der Waals surface area contributed by atoms with Gasteiger partial charge in [-0.2, -0.15) is 0 Å². The molecule has 1 saturated heterocycles. The van der Waals surface area contributed by atoms with Gasteiger partial charge >= 0.3 is 0 Å². The summed E-state index contributed by atoms with van der Waals surface area (Å²) in [6, 6.07) is 9.97. The number of nitrogens with zero attached hydrogens (tertiary/aromatic N) is 4. The first kappa shape index (κ1) is 17.5. The molecule has 4 aromatic rings. The van der Waals surface area contributed by atoms with Crippen LogP contribution in [0.25, 0.3) is 20.4 Å². The van der Waals surface area contributed by atoms with Crippen molar-refractivity contribution in [1.82, 2.24) is 9.97 Å². The highest BCUT2D eigenvalue weighted by Crippen LogP contribution is 2.36. The first-order valence-corrected chi connectivity index (χ1v) is 11.1. The minimum atomic E-state index is 0.720. The first-order valence-electron chi connectivity index (χ1n) is 8.71. The molecule has 0 amide bonds.